The summed E-state index contributed by atoms with van der Waals surface area (Å²) in [7, 11) is -3.64. The lowest BCUT2D eigenvalue weighted by molar-refractivity contribution is -0.144. The second-order valence-corrected chi connectivity index (χ2v) is 6.60. The standard InChI is InChI=1S/C12H14FNO4S/c1-8(12(15)16)9-6-14(7-9)19(17,18)11-4-2-10(13)3-5-11/h2-5,8-9H,6-7H2,1H3,(H,15,16). The minimum absolute atomic E-state index is 0.0235. The summed E-state index contributed by atoms with van der Waals surface area (Å²) in [6.45, 7) is 1.94. The molecule has 1 heterocycles. The molecule has 5 nitrogen and oxygen atoms in total. The Morgan fingerprint density at radius 3 is 2.37 bits per heavy atom. The first-order valence-corrected chi connectivity index (χ1v) is 7.25. The molecular weight excluding hydrogens is 273 g/mol. The molecule has 0 saturated carbocycles. The second-order valence-electron chi connectivity index (χ2n) is 4.66. The van der Waals surface area contributed by atoms with Crippen LogP contribution in [0.5, 0.6) is 0 Å². The maximum atomic E-state index is 12.8. The number of carboxylic acid groups (broad SMARTS) is 1. The SMILES string of the molecule is CC(C(=O)O)C1CN(S(=O)(=O)c2ccc(F)cc2)C1. The molecule has 0 bridgehead atoms. The van der Waals surface area contributed by atoms with Gasteiger partial charge in [-0.2, -0.15) is 4.31 Å². The van der Waals surface area contributed by atoms with Gasteiger partial charge in [0.05, 0.1) is 10.8 Å². The Morgan fingerprint density at radius 1 is 1.37 bits per heavy atom. The van der Waals surface area contributed by atoms with E-state index in [-0.39, 0.29) is 23.9 Å². The van der Waals surface area contributed by atoms with Gasteiger partial charge in [0.15, 0.2) is 0 Å². The van der Waals surface area contributed by atoms with E-state index in [2.05, 4.69) is 0 Å². The van der Waals surface area contributed by atoms with Crippen LogP contribution >= 0.6 is 0 Å². The molecule has 0 aromatic heterocycles. The summed E-state index contributed by atoms with van der Waals surface area (Å²) in [4.78, 5) is 10.8. The largest absolute Gasteiger partial charge is 0.481 e. The molecule has 0 radical (unpaired) electrons. The fourth-order valence-electron chi connectivity index (χ4n) is 1.94. The number of hydrogen-bond donors (Lipinski definition) is 1. The average Bonchev–Trinajstić information content (AvgIpc) is 2.26. The summed E-state index contributed by atoms with van der Waals surface area (Å²) in [6.07, 6.45) is 0. The third-order valence-corrected chi connectivity index (χ3v) is 5.27. The molecule has 19 heavy (non-hydrogen) atoms. The number of halogens is 1. The van der Waals surface area contributed by atoms with Crippen molar-refractivity contribution in [2.45, 2.75) is 11.8 Å². The van der Waals surface area contributed by atoms with Gasteiger partial charge < -0.3 is 5.11 Å². The van der Waals surface area contributed by atoms with E-state index < -0.39 is 27.7 Å². The summed E-state index contributed by atoms with van der Waals surface area (Å²) in [5.74, 6) is -2.17. The normalized spacial score (nSPS) is 18.8. The van der Waals surface area contributed by atoms with Crippen LogP contribution in [0.4, 0.5) is 4.39 Å². The topological polar surface area (TPSA) is 74.7 Å². The zero-order valence-corrected chi connectivity index (χ0v) is 11.1. The van der Waals surface area contributed by atoms with Gasteiger partial charge in [-0.3, -0.25) is 4.79 Å². The highest BCUT2D eigenvalue weighted by atomic mass is 32.2. The van der Waals surface area contributed by atoms with Crippen molar-refractivity contribution in [3.63, 3.8) is 0 Å². The number of carbonyl (C=O) groups is 1. The van der Waals surface area contributed by atoms with Gasteiger partial charge in [-0.1, -0.05) is 6.92 Å². The van der Waals surface area contributed by atoms with Crippen LogP contribution < -0.4 is 0 Å². The lowest BCUT2D eigenvalue weighted by Crippen LogP contribution is -2.53. The Balaban J connectivity index is 2.08. The first kappa shape index (κ1) is 14.0. The fourth-order valence-corrected chi connectivity index (χ4v) is 3.49. The fraction of sp³-hybridized carbons (Fsp3) is 0.417. The first-order valence-electron chi connectivity index (χ1n) is 5.81. The Hall–Kier alpha value is -1.47. The van der Waals surface area contributed by atoms with Crippen molar-refractivity contribution in [1.82, 2.24) is 4.31 Å². The molecule has 2 rings (SSSR count). The molecule has 1 atom stereocenters. The van der Waals surface area contributed by atoms with Gasteiger partial charge in [0.2, 0.25) is 10.0 Å². The number of carboxylic acids is 1. The van der Waals surface area contributed by atoms with Crippen LogP contribution in [-0.2, 0) is 14.8 Å². The minimum atomic E-state index is -3.64. The molecule has 1 unspecified atom stereocenters. The highest BCUT2D eigenvalue weighted by Gasteiger charge is 2.41. The first-order chi connectivity index (χ1) is 8.82. The van der Waals surface area contributed by atoms with E-state index in [9.17, 15) is 17.6 Å². The van der Waals surface area contributed by atoms with Crippen molar-refractivity contribution in [3.05, 3.63) is 30.1 Å². The Kier molecular flexibility index (Phi) is 3.60. The van der Waals surface area contributed by atoms with Crippen molar-refractivity contribution in [2.24, 2.45) is 11.8 Å². The molecule has 0 spiro atoms. The van der Waals surface area contributed by atoms with Crippen molar-refractivity contribution in [3.8, 4) is 0 Å². The van der Waals surface area contributed by atoms with Gasteiger partial charge in [0.25, 0.3) is 0 Å². The molecule has 1 N–H and O–H groups in total. The molecule has 1 aromatic carbocycles. The lowest BCUT2D eigenvalue weighted by Gasteiger charge is -2.39. The summed E-state index contributed by atoms with van der Waals surface area (Å²) < 4.78 is 38.2. The molecule has 104 valence electrons. The highest BCUT2D eigenvalue weighted by molar-refractivity contribution is 7.89. The van der Waals surface area contributed by atoms with Crippen LogP contribution in [0.3, 0.4) is 0 Å². The predicted molar refractivity (Wildman–Crippen MR) is 65.4 cm³/mol. The molecule has 0 amide bonds. The van der Waals surface area contributed by atoms with E-state index in [1.165, 1.54) is 16.4 Å². The van der Waals surface area contributed by atoms with Crippen LogP contribution in [-0.4, -0.2) is 36.9 Å². The van der Waals surface area contributed by atoms with E-state index >= 15 is 0 Å². The minimum Gasteiger partial charge on any atom is -0.481 e. The number of benzene rings is 1. The highest BCUT2D eigenvalue weighted by Crippen LogP contribution is 2.29. The summed E-state index contributed by atoms with van der Waals surface area (Å²) in [6, 6.07) is 4.59. The molecular formula is C12H14FNO4S. The van der Waals surface area contributed by atoms with Crippen molar-refractivity contribution in [1.29, 1.82) is 0 Å². The number of sulfonamides is 1. The molecule has 7 heteroatoms. The summed E-state index contributed by atoms with van der Waals surface area (Å²) in [5, 5.41) is 8.84. The monoisotopic (exact) mass is 287 g/mol. The molecule has 1 saturated heterocycles. The lowest BCUT2D eigenvalue weighted by atomic mass is 9.89. The number of hydrogen-bond acceptors (Lipinski definition) is 3. The van der Waals surface area contributed by atoms with Crippen molar-refractivity contribution < 1.29 is 22.7 Å². The van der Waals surface area contributed by atoms with E-state index in [1.54, 1.807) is 6.92 Å². The Labute approximate surface area is 110 Å². The smallest absolute Gasteiger partial charge is 0.306 e. The van der Waals surface area contributed by atoms with E-state index in [4.69, 9.17) is 5.11 Å². The molecule has 1 fully saturated rings. The summed E-state index contributed by atoms with van der Waals surface area (Å²) in [5.41, 5.74) is 0. The maximum absolute atomic E-state index is 12.8. The summed E-state index contributed by atoms with van der Waals surface area (Å²) >= 11 is 0. The Morgan fingerprint density at radius 2 is 1.89 bits per heavy atom. The average molecular weight is 287 g/mol. The third-order valence-electron chi connectivity index (χ3n) is 3.42. The number of aliphatic carboxylic acids is 1. The zero-order chi connectivity index (χ0) is 14.2. The van der Waals surface area contributed by atoms with Crippen LogP contribution in [0.2, 0.25) is 0 Å². The number of nitrogens with zero attached hydrogens (tertiary/aromatic N) is 1. The quantitative estimate of drug-likeness (QED) is 0.902. The second kappa shape index (κ2) is 4.90. The van der Waals surface area contributed by atoms with Crippen LogP contribution in [0.25, 0.3) is 0 Å². The van der Waals surface area contributed by atoms with Gasteiger partial charge in [0, 0.05) is 13.1 Å². The van der Waals surface area contributed by atoms with Gasteiger partial charge in [-0.15, -0.1) is 0 Å². The maximum Gasteiger partial charge on any atom is 0.306 e. The van der Waals surface area contributed by atoms with Crippen LogP contribution in [0.1, 0.15) is 6.92 Å². The van der Waals surface area contributed by atoms with Gasteiger partial charge >= 0.3 is 5.97 Å². The van der Waals surface area contributed by atoms with Crippen LogP contribution in [0.15, 0.2) is 29.2 Å². The van der Waals surface area contributed by atoms with Gasteiger partial charge in [0.1, 0.15) is 5.82 Å². The van der Waals surface area contributed by atoms with Gasteiger partial charge in [-0.05, 0) is 30.2 Å². The van der Waals surface area contributed by atoms with Crippen molar-refractivity contribution >= 4 is 16.0 Å². The van der Waals surface area contributed by atoms with E-state index in [1.807, 2.05) is 0 Å². The van der Waals surface area contributed by atoms with Crippen LogP contribution in [0, 0.1) is 17.7 Å². The predicted octanol–water partition coefficient (Wildman–Crippen LogP) is 1.17. The van der Waals surface area contributed by atoms with E-state index in [0.29, 0.717) is 0 Å². The third kappa shape index (κ3) is 2.62. The molecule has 1 aliphatic rings. The van der Waals surface area contributed by atoms with Gasteiger partial charge in [-0.25, -0.2) is 12.8 Å². The van der Waals surface area contributed by atoms with Crippen molar-refractivity contribution in [2.75, 3.05) is 13.1 Å². The molecule has 1 aliphatic heterocycles. The van der Waals surface area contributed by atoms with E-state index in [0.717, 1.165) is 12.1 Å². The number of rotatable bonds is 4. The zero-order valence-electron chi connectivity index (χ0n) is 10.3. The molecule has 1 aromatic rings. The Bertz CT molecular complexity index is 578. The molecule has 0 aliphatic carbocycles.